The summed E-state index contributed by atoms with van der Waals surface area (Å²) in [6.07, 6.45) is -0.617. The molecule has 0 amide bonds. The van der Waals surface area contributed by atoms with E-state index in [4.69, 9.17) is 17.3 Å². The van der Waals surface area contributed by atoms with E-state index in [1.54, 1.807) is 0 Å². The average molecular weight is 248 g/mol. The normalized spacial score (nSPS) is 12.4. The molecule has 0 bridgehead atoms. The maximum atomic E-state index is 9.70. The lowest BCUT2D eigenvalue weighted by Gasteiger charge is -2.10. The Balaban J connectivity index is 2.39. The van der Waals surface area contributed by atoms with Gasteiger partial charge < -0.3 is 10.8 Å². The molecule has 3 N–H and O–H groups in total. The Bertz CT molecular complexity index is 513. The predicted molar refractivity (Wildman–Crippen MR) is 70.9 cm³/mol. The molecule has 17 heavy (non-hydrogen) atoms. The number of benzene rings is 2. The number of hydrogen-bond acceptors (Lipinski definition) is 2. The van der Waals surface area contributed by atoms with Crippen molar-refractivity contribution in [3.05, 3.63) is 59.1 Å². The molecule has 0 heterocycles. The molecule has 0 radical (unpaired) electrons. The molecular formula is C14H14ClNO. The van der Waals surface area contributed by atoms with Crippen LogP contribution in [0.5, 0.6) is 0 Å². The molecule has 88 valence electrons. The van der Waals surface area contributed by atoms with Crippen molar-refractivity contribution >= 4 is 11.6 Å². The van der Waals surface area contributed by atoms with Crippen molar-refractivity contribution in [1.29, 1.82) is 0 Å². The molecule has 2 aromatic rings. The summed E-state index contributed by atoms with van der Waals surface area (Å²) in [5, 5.41) is 10.4. The number of aliphatic hydroxyl groups excluding tert-OH is 1. The summed E-state index contributed by atoms with van der Waals surface area (Å²) in [5.41, 5.74) is 8.33. The zero-order chi connectivity index (χ0) is 12.3. The minimum atomic E-state index is -0.617. The van der Waals surface area contributed by atoms with Gasteiger partial charge in [0, 0.05) is 11.6 Å². The third kappa shape index (κ3) is 2.86. The van der Waals surface area contributed by atoms with Crippen LogP contribution in [0.2, 0.25) is 5.02 Å². The highest BCUT2D eigenvalue weighted by atomic mass is 35.5. The van der Waals surface area contributed by atoms with E-state index in [1.807, 2.05) is 48.5 Å². The first-order chi connectivity index (χ1) is 8.20. The van der Waals surface area contributed by atoms with Crippen LogP contribution in [0.3, 0.4) is 0 Å². The molecule has 0 saturated carbocycles. The van der Waals surface area contributed by atoms with Crippen LogP contribution in [0.4, 0.5) is 0 Å². The molecule has 0 fully saturated rings. The van der Waals surface area contributed by atoms with Crippen LogP contribution in [-0.2, 0) is 0 Å². The number of rotatable bonds is 3. The van der Waals surface area contributed by atoms with E-state index in [0.717, 1.165) is 16.7 Å². The van der Waals surface area contributed by atoms with E-state index in [1.165, 1.54) is 0 Å². The largest absolute Gasteiger partial charge is 0.387 e. The van der Waals surface area contributed by atoms with Gasteiger partial charge in [-0.25, -0.2) is 0 Å². The highest BCUT2D eigenvalue weighted by Gasteiger charge is 2.06. The number of halogens is 1. The lowest BCUT2D eigenvalue weighted by atomic mass is 10.0. The van der Waals surface area contributed by atoms with Crippen molar-refractivity contribution in [3.8, 4) is 11.1 Å². The van der Waals surface area contributed by atoms with Gasteiger partial charge in [-0.2, -0.15) is 0 Å². The Hall–Kier alpha value is -1.35. The van der Waals surface area contributed by atoms with Crippen LogP contribution in [0.15, 0.2) is 48.5 Å². The second-order valence-electron chi connectivity index (χ2n) is 3.89. The summed E-state index contributed by atoms with van der Waals surface area (Å²) in [4.78, 5) is 0. The molecule has 2 nitrogen and oxygen atoms in total. The van der Waals surface area contributed by atoms with Gasteiger partial charge in [-0.3, -0.25) is 0 Å². The molecule has 1 unspecified atom stereocenters. The van der Waals surface area contributed by atoms with Crippen molar-refractivity contribution in [2.45, 2.75) is 6.10 Å². The Kier molecular flexibility index (Phi) is 3.79. The van der Waals surface area contributed by atoms with Gasteiger partial charge >= 0.3 is 0 Å². The van der Waals surface area contributed by atoms with Crippen LogP contribution in [0.1, 0.15) is 11.7 Å². The summed E-state index contributed by atoms with van der Waals surface area (Å²) in [6, 6.07) is 15.3. The number of aliphatic hydroxyl groups is 1. The van der Waals surface area contributed by atoms with Gasteiger partial charge in [0.2, 0.25) is 0 Å². The first kappa shape index (κ1) is 12.1. The van der Waals surface area contributed by atoms with Crippen molar-refractivity contribution in [2.24, 2.45) is 5.73 Å². The summed E-state index contributed by atoms with van der Waals surface area (Å²) in [6.45, 7) is 0.221. The summed E-state index contributed by atoms with van der Waals surface area (Å²) < 4.78 is 0. The van der Waals surface area contributed by atoms with Crippen molar-refractivity contribution in [3.63, 3.8) is 0 Å². The lowest BCUT2D eigenvalue weighted by Crippen LogP contribution is -2.11. The molecular weight excluding hydrogens is 234 g/mol. The van der Waals surface area contributed by atoms with Gasteiger partial charge in [0.25, 0.3) is 0 Å². The van der Waals surface area contributed by atoms with Gasteiger partial charge in [0.1, 0.15) is 0 Å². The van der Waals surface area contributed by atoms with Crippen molar-refractivity contribution < 1.29 is 5.11 Å². The smallest absolute Gasteiger partial charge is 0.0912 e. The van der Waals surface area contributed by atoms with Crippen LogP contribution < -0.4 is 5.73 Å². The van der Waals surface area contributed by atoms with Crippen LogP contribution in [0, 0.1) is 0 Å². The molecule has 1 atom stereocenters. The zero-order valence-electron chi connectivity index (χ0n) is 9.31. The van der Waals surface area contributed by atoms with E-state index in [9.17, 15) is 5.11 Å². The number of hydrogen-bond donors (Lipinski definition) is 2. The van der Waals surface area contributed by atoms with Gasteiger partial charge in [-0.15, -0.1) is 0 Å². The van der Waals surface area contributed by atoms with Gasteiger partial charge in [0.05, 0.1) is 6.10 Å². The predicted octanol–water partition coefficient (Wildman–Crippen LogP) is 3.00. The minimum Gasteiger partial charge on any atom is -0.387 e. The maximum Gasteiger partial charge on any atom is 0.0912 e. The van der Waals surface area contributed by atoms with E-state index >= 15 is 0 Å². The Morgan fingerprint density at radius 1 is 1.06 bits per heavy atom. The molecule has 0 aliphatic rings. The second-order valence-corrected chi connectivity index (χ2v) is 4.32. The highest BCUT2D eigenvalue weighted by molar-refractivity contribution is 6.30. The molecule has 0 aliphatic heterocycles. The van der Waals surface area contributed by atoms with Gasteiger partial charge in [-0.1, -0.05) is 41.9 Å². The summed E-state index contributed by atoms with van der Waals surface area (Å²) >= 11 is 5.95. The van der Waals surface area contributed by atoms with Crippen molar-refractivity contribution in [2.75, 3.05) is 6.54 Å². The topological polar surface area (TPSA) is 46.2 Å². The van der Waals surface area contributed by atoms with Crippen LogP contribution in [0.25, 0.3) is 11.1 Å². The quantitative estimate of drug-likeness (QED) is 0.876. The molecule has 2 aromatic carbocycles. The fraction of sp³-hybridized carbons (Fsp3) is 0.143. The number of nitrogens with two attached hydrogens (primary N) is 1. The third-order valence-corrected chi connectivity index (χ3v) is 2.89. The molecule has 2 rings (SSSR count). The molecule has 0 saturated heterocycles. The van der Waals surface area contributed by atoms with Crippen molar-refractivity contribution in [1.82, 2.24) is 0 Å². The fourth-order valence-corrected chi connectivity index (χ4v) is 1.92. The summed E-state index contributed by atoms with van der Waals surface area (Å²) in [7, 11) is 0. The molecule has 0 aliphatic carbocycles. The minimum absolute atomic E-state index is 0.221. The fourth-order valence-electron chi connectivity index (χ4n) is 1.73. The molecule has 0 aromatic heterocycles. The van der Waals surface area contributed by atoms with E-state index in [0.29, 0.717) is 5.02 Å². The monoisotopic (exact) mass is 247 g/mol. The SMILES string of the molecule is NCC(O)c1cccc(-c2cccc(Cl)c2)c1. The average Bonchev–Trinajstić information content (AvgIpc) is 2.38. The summed E-state index contributed by atoms with van der Waals surface area (Å²) in [5.74, 6) is 0. The van der Waals surface area contributed by atoms with Crippen LogP contribution >= 0.6 is 11.6 Å². The van der Waals surface area contributed by atoms with E-state index in [2.05, 4.69) is 0 Å². The Morgan fingerprint density at radius 3 is 2.35 bits per heavy atom. The standard InChI is InChI=1S/C14H14ClNO/c15-13-6-2-4-11(8-13)10-3-1-5-12(7-10)14(17)9-16/h1-8,14,17H,9,16H2. The molecule has 3 heteroatoms. The maximum absolute atomic E-state index is 9.70. The van der Waals surface area contributed by atoms with Crippen LogP contribution in [-0.4, -0.2) is 11.7 Å². The first-order valence-electron chi connectivity index (χ1n) is 5.45. The van der Waals surface area contributed by atoms with Gasteiger partial charge in [0.15, 0.2) is 0 Å². The zero-order valence-corrected chi connectivity index (χ0v) is 10.1. The Labute approximate surface area is 106 Å². The Morgan fingerprint density at radius 2 is 1.71 bits per heavy atom. The van der Waals surface area contributed by atoms with Gasteiger partial charge in [-0.05, 0) is 34.9 Å². The van der Waals surface area contributed by atoms with E-state index < -0.39 is 6.10 Å². The van der Waals surface area contributed by atoms with E-state index in [-0.39, 0.29) is 6.54 Å². The second kappa shape index (κ2) is 5.32. The highest BCUT2D eigenvalue weighted by Crippen LogP contribution is 2.25. The lowest BCUT2D eigenvalue weighted by molar-refractivity contribution is 0.187. The third-order valence-electron chi connectivity index (χ3n) is 2.65. The molecule has 0 spiro atoms. The first-order valence-corrected chi connectivity index (χ1v) is 5.82.